The van der Waals surface area contributed by atoms with Crippen LogP contribution in [0.25, 0.3) is 0 Å². The SMILES string of the molecule is CNc1ccc(CC2CCC(COc3ccccc3)CC2)cc1.O=CN1CCNCC1. The molecular weight excluding hydrogens is 386 g/mol. The molecule has 5 nitrogen and oxygen atoms in total. The Morgan fingerprint density at radius 2 is 1.61 bits per heavy atom. The predicted molar refractivity (Wildman–Crippen MR) is 128 cm³/mol. The van der Waals surface area contributed by atoms with E-state index in [0.29, 0.717) is 0 Å². The number of rotatable bonds is 7. The van der Waals surface area contributed by atoms with Crippen molar-refractivity contribution in [2.45, 2.75) is 32.1 Å². The first-order valence-electron chi connectivity index (χ1n) is 11.6. The lowest BCUT2D eigenvalue weighted by Crippen LogP contribution is -2.42. The van der Waals surface area contributed by atoms with Gasteiger partial charge < -0.3 is 20.3 Å². The highest BCUT2D eigenvalue weighted by Crippen LogP contribution is 2.31. The standard InChI is InChI=1S/C21H27NO.C5H10N2O/c1-22-20-13-11-18(12-14-20)15-17-7-9-19(10-8-17)16-23-21-5-3-2-4-6-21;8-5-7-3-1-6-2-4-7/h2-6,11-14,17,19,22H,7-10,15-16H2,1H3;5-6H,1-4H2. The number of anilines is 1. The Balaban J connectivity index is 0.000000287. The van der Waals surface area contributed by atoms with Crippen molar-refractivity contribution in [3.8, 4) is 5.75 Å². The monoisotopic (exact) mass is 423 g/mol. The van der Waals surface area contributed by atoms with E-state index in [1.807, 2.05) is 37.4 Å². The lowest BCUT2D eigenvalue weighted by molar-refractivity contribution is -0.118. The minimum atomic E-state index is 0.720. The molecule has 2 aromatic carbocycles. The van der Waals surface area contributed by atoms with Crippen molar-refractivity contribution in [3.05, 3.63) is 60.2 Å². The van der Waals surface area contributed by atoms with Gasteiger partial charge in [-0.2, -0.15) is 0 Å². The summed E-state index contributed by atoms with van der Waals surface area (Å²) in [7, 11) is 1.97. The molecule has 0 atom stereocenters. The zero-order valence-corrected chi connectivity index (χ0v) is 18.8. The topological polar surface area (TPSA) is 53.6 Å². The Labute approximate surface area is 187 Å². The maximum absolute atomic E-state index is 10.1. The molecule has 0 radical (unpaired) electrons. The third kappa shape index (κ3) is 8.25. The smallest absolute Gasteiger partial charge is 0.209 e. The van der Waals surface area contributed by atoms with Crippen molar-refractivity contribution in [3.63, 3.8) is 0 Å². The molecule has 0 spiro atoms. The number of nitrogens with one attached hydrogen (secondary N) is 2. The van der Waals surface area contributed by atoms with Gasteiger partial charge in [-0.3, -0.25) is 4.79 Å². The minimum Gasteiger partial charge on any atom is -0.493 e. The zero-order chi connectivity index (χ0) is 21.7. The summed E-state index contributed by atoms with van der Waals surface area (Å²) in [5.74, 6) is 2.56. The van der Waals surface area contributed by atoms with E-state index >= 15 is 0 Å². The highest BCUT2D eigenvalue weighted by molar-refractivity contribution is 5.47. The normalized spacial score (nSPS) is 20.9. The van der Waals surface area contributed by atoms with Crippen molar-refractivity contribution in [2.75, 3.05) is 45.2 Å². The number of carbonyl (C=O) groups is 1. The molecule has 31 heavy (non-hydrogen) atoms. The van der Waals surface area contributed by atoms with E-state index in [0.717, 1.165) is 56.8 Å². The molecule has 2 aromatic rings. The first-order valence-corrected chi connectivity index (χ1v) is 11.6. The summed E-state index contributed by atoms with van der Waals surface area (Å²) in [6.45, 7) is 4.48. The Morgan fingerprint density at radius 3 is 2.19 bits per heavy atom. The third-order valence-corrected chi connectivity index (χ3v) is 6.26. The number of hydrogen-bond acceptors (Lipinski definition) is 4. The van der Waals surface area contributed by atoms with Crippen LogP contribution in [-0.2, 0) is 11.2 Å². The Hall–Kier alpha value is -2.53. The van der Waals surface area contributed by atoms with Gasteiger partial charge in [-0.15, -0.1) is 0 Å². The zero-order valence-electron chi connectivity index (χ0n) is 18.8. The molecule has 1 aliphatic carbocycles. The first kappa shape index (κ1) is 23.1. The molecule has 0 bridgehead atoms. The van der Waals surface area contributed by atoms with Crippen molar-refractivity contribution >= 4 is 12.1 Å². The van der Waals surface area contributed by atoms with Gasteiger partial charge in [-0.25, -0.2) is 0 Å². The van der Waals surface area contributed by atoms with E-state index in [2.05, 4.69) is 34.9 Å². The number of ether oxygens (including phenoxy) is 1. The molecule has 1 saturated carbocycles. The van der Waals surface area contributed by atoms with Crippen LogP contribution in [0.3, 0.4) is 0 Å². The summed E-state index contributed by atoms with van der Waals surface area (Å²) < 4.78 is 5.92. The van der Waals surface area contributed by atoms with Crippen LogP contribution in [0.2, 0.25) is 0 Å². The molecule has 0 unspecified atom stereocenters. The molecule has 1 saturated heterocycles. The lowest BCUT2D eigenvalue weighted by atomic mass is 9.79. The number of benzene rings is 2. The Kier molecular flexibility index (Phi) is 9.71. The molecule has 0 aromatic heterocycles. The van der Waals surface area contributed by atoms with Crippen LogP contribution in [0, 0.1) is 11.8 Å². The highest BCUT2D eigenvalue weighted by atomic mass is 16.5. The Bertz CT molecular complexity index is 737. The summed E-state index contributed by atoms with van der Waals surface area (Å²) in [5.41, 5.74) is 2.66. The second kappa shape index (κ2) is 13.0. The fourth-order valence-electron chi connectivity index (χ4n) is 4.26. The summed E-state index contributed by atoms with van der Waals surface area (Å²) in [6, 6.07) is 19.1. The largest absolute Gasteiger partial charge is 0.493 e. The highest BCUT2D eigenvalue weighted by Gasteiger charge is 2.21. The van der Waals surface area contributed by atoms with E-state index in [1.54, 1.807) is 4.90 Å². The molecule has 2 fully saturated rings. The maximum atomic E-state index is 10.1. The molecule has 1 amide bonds. The van der Waals surface area contributed by atoms with Crippen molar-refractivity contribution in [2.24, 2.45) is 11.8 Å². The van der Waals surface area contributed by atoms with Crippen LogP contribution in [0.4, 0.5) is 5.69 Å². The summed E-state index contributed by atoms with van der Waals surface area (Å²) in [4.78, 5) is 11.8. The van der Waals surface area contributed by atoms with E-state index in [4.69, 9.17) is 4.74 Å². The average Bonchev–Trinajstić information content (AvgIpc) is 2.85. The lowest BCUT2D eigenvalue weighted by Gasteiger charge is -2.28. The van der Waals surface area contributed by atoms with Crippen molar-refractivity contribution in [1.82, 2.24) is 10.2 Å². The molecule has 168 valence electrons. The van der Waals surface area contributed by atoms with Gasteiger partial charge in [0, 0.05) is 38.9 Å². The fourth-order valence-corrected chi connectivity index (χ4v) is 4.26. The van der Waals surface area contributed by atoms with Crippen LogP contribution < -0.4 is 15.4 Å². The molecular formula is C26H37N3O2. The van der Waals surface area contributed by atoms with E-state index < -0.39 is 0 Å². The predicted octanol–water partition coefficient (Wildman–Crippen LogP) is 4.20. The van der Waals surface area contributed by atoms with Crippen molar-refractivity contribution in [1.29, 1.82) is 0 Å². The van der Waals surface area contributed by atoms with Gasteiger partial charge in [0.15, 0.2) is 0 Å². The van der Waals surface area contributed by atoms with Crippen LogP contribution in [0.15, 0.2) is 54.6 Å². The van der Waals surface area contributed by atoms with E-state index in [1.165, 1.54) is 43.4 Å². The molecule has 1 heterocycles. The number of carbonyl (C=O) groups excluding carboxylic acids is 1. The quantitative estimate of drug-likeness (QED) is 0.655. The van der Waals surface area contributed by atoms with Crippen LogP contribution >= 0.6 is 0 Å². The molecule has 2 N–H and O–H groups in total. The van der Waals surface area contributed by atoms with Crippen LogP contribution in [-0.4, -0.2) is 51.1 Å². The molecule has 2 aliphatic rings. The number of nitrogens with zero attached hydrogens (tertiary/aromatic N) is 1. The number of amides is 1. The van der Waals surface area contributed by atoms with Gasteiger partial charge in [0.05, 0.1) is 6.61 Å². The third-order valence-electron chi connectivity index (χ3n) is 6.26. The van der Waals surface area contributed by atoms with Gasteiger partial charge in [-0.05, 0) is 73.8 Å². The fraction of sp³-hybridized carbons (Fsp3) is 0.500. The second-order valence-electron chi connectivity index (χ2n) is 8.55. The molecule has 4 rings (SSSR count). The van der Waals surface area contributed by atoms with Gasteiger partial charge in [0.1, 0.15) is 5.75 Å². The molecule has 1 aliphatic heterocycles. The minimum absolute atomic E-state index is 0.720. The van der Waals surface area contributed by atoms with Crippen LogP contribution in [0.5, 0.6) is 5.75 Å². The van der Waals surface area contributed by atoms with E-state index in [-0.39, 0.29) is 0 Å². The van der Waals surface area contributed by atoms with E-state index in [9.17, 15) is 4.79 Å². The average molecular weight is 424 g/mol. The number of piperazine rings is 1. The van der Waals surface area contributed by atoms with Crippen LogP contribution in [0.1, 0.15) is 31.2 Å². The second-order valence-corrected chi connectivity index (χ2v) is 8.55. The van der Waals surface area contributed by atoms with Gasteiger partial charge in [0.2, 0.25) is 6.41 Å². The number of para-hydroxylation sites is 1. The Morgan fingerprint density at radius 1 is 0.968 bits per heavy atom. The van der Waals surface area contributed by atoms with Gasteiger partial charge in [0.25, 0.3) is 0 Å². The summed E-state index contributed by atoms with van der Waals surface area (Å²) >= 11 is 0. The maximum Gasteiger partial charge on any atom is 0.209 e. The molecule has 5 heteroatoms. The summed E-state index contributed by atoms with van der Waals surface area (Å²) in [6.07, 6.45) is 7.38. The number of hydrogen-bond donors (Lipinski definition) is 2. The summed E-state index contributed by atoms with van der Waals surface area (Å²) in [5, 5.41) is 6.33. The van der Waals surface area contributed by atoms with Gasteiger partial charge >= 0.3 is 0 Å². The van der Waals surface area contributed by atoms with Crippen molar-refractivity contribution < 1.29 is 9.53 Å². The van der Waals surface area contributed by atoms with Gasteiger partial charge in [-0.1, -0.05) is 30.3 Å². The first-order chi connectivity index (χ1) is 15.3.